The van der Waals surface area contributed by atoms with Gasteiger partial charge in [-0.3, -0.25) is 9.59 Å². The Hall–Kier alpha value is -3.29. The number of carbonyl (C=O) groups is 2. The lowest BCUT2D eigenvalue weighted by Gasteiger charge is -2.44. The van der Waals surface area contributed by atoms with E-state index in [0.29, 0.717) is 55.3 Å². The summed E-state index contributed by atoms with van der Waals surface area (Å²) < 4.78 is 7.97. The smallest absolute Gasteiger partial charge is 0.252 e. The molecule has 1 spiro atoms. The van der Waals surface area contributed by atoms with Crippen LogP contribution >= 0.6 is 0 Å². The van der Waals surface area contributed by atoms with Crippen LogP contribution < -0.4 is 4.74 Å². The molecule has 0 aliphatic carbocycles. The number of rotatable bonds is 2. The number of aryl methyl sites for hydroxylation is 3. The van der Waals surface area contributed by atoms with Crippen molar-refractivity contribution in [3.8, 4) is 5.75 Å². The van der Waals surface area contributed by atoms with Crippen LogP contribution in [0.5, 0.6) is 5.75 Å². The van der Waals surface area contributed by atoms with Crippen LogP contribution in [0.4, 0.5) is 0 Å². The molecule has 8 heteroatoms. The molecule has 0 bridgehead atoms. The highest BCUT2D eigenvalue weighted by Gasteiger charge is 2.43. The minimum absolute atomic E-state index is 0.0155. The van der Waals surface area contributed by atoms with E-state index >= 15 is 0 Å². The molecule has 0 unspecified atom stereocenters. The average Bonchev–Trinajstić information content (AvgIpc) is 3.12. The molecule has 1 saturated heterocycles. The number of ether oxygens (including phenoxy) is 1. The minimum atomic E-state index is -0.518. The lowest BCUT2D eigenvalue weighted by molar-refractivity contribution is -0.134. The standard InChI is InChI=1S/C23H25N5O3/c1-14-4-5-19-17(10-14)18(29)13-23(31-19)6-8-27(9-7-23)21(30)12-20-25-22-24-15(2)11-16(3)28(22)26-20/h4-5,10-11H,6-9,12-13H2,1-3H3. The number of ketones is 1. The van der Waals surface area contributed by atoms with Crippen LogP contribution in [0.2, 0.25) is 0 Å². The highest BCUT2D eigenvalue weighted by atomic mass is 16.5. The van der Waals surface area contributed by atoms with Gasteiger partial charge in [-0.1, -0.05) is 11.6 Å². The summed E-state index contributed by atoms with van der Waals surface area (Å²) >= 11 is 0. The maximum absolute atomic E-state index is 12.9. The highest BCUT2D eigenvalue weighted by molar-refractivity contribution is 6.00. The van der Waals surface area contributed by atoms with Crippen LogP contribution in [-0.2, 0) is 11.2 Å². The summed E-state index contributed by atoms with van der Waals surface area (Å²) in [6.45, 7) is 6.93. The first-order chi connectivity index (χ1) is 14.8. The Bertz CT molecular complexity index is 1210. The minimum Gasteiger partial charge on any atom is -0.486 e. The molecule has 1 aromatic carbocycles. The van der Waals surface area contributed by atoms with E-state index in [1.807, 2.05) is 49.9 Å². The topological polar surface area (TPSA) is 89.7 Å². The summed E-state index contributed by atoms with van der Waals surface area (Å²) in [6.07, 6.45) is 1.77. The largest absolute Gasteiger partial charge is 0.486 e. The molecule has 160 valence electrons. The molecule has 31 heavy (non-hydrogen) atoms. The van der Waals surface area contributed by atoms with Gasteiger partial charge in [0.05, 0.1) is 18.4 Å². The lowest BCUT2D eigenvalue weighted by Crippen LogP contribution is -2.52. The molecule has 3 aromatic rings. The predicted octanol–water partition coefficient (Wildman–Crippen LogP) is 2.62. The quantitative estimate of drug-likeness (QED) is 0.634. The SMILES string of the molecule is Cc1ccc2c(c1)C(=O)CC1(CCN(C(=O)Cc3nc4nc(C)cc(C)n4n3)CC1)O2. The van der Waals surface area contributed by atoms with E-state index in [-0.39, 0.29) is 18.1 Å². The van der Waals surface area contributed by atoms with Gasteiger partial charge in [-0.05, 0) is 39.0 Å². The van der Waals surface area contributed by atoms with Crippen molar-refractivity contribution >= 4 is 17.5 Å². The highest BCUT2D eigenvalue weighted by Crippen LogP contribution is 2.39. The van der Waals surface area contributed by atoms with Crippen LogP contribution in [0.3, 0.4) is 0 Å². The third kappa shape index (κ3) is 3.56. The van der Waals surface area contributed by atoms with Crippen molar-refractivity contribution in [2.75, 3.05) is 13.1 Å². The number of amides is 1. The third-order valence-electron chi connectivity index (χ3n) is 6.24. The summed E-state index contributed by atoms with van der Waals surface area (Å²) in [5.41, 5.74) is 3.00. The van der Waals surface area contributed by atoms with Gasteiger partial charge in [0.15, 0.2) is 11.6 Å². The van der Waals surface area contributed by atoms with Crippen molar-refractivity contribution in [2.24, 2.45) is 0 Å². The summed E-state index contributed by atoms with van der Waals surface area (Å²) in [4.78, 5) is 36.2. The Kier molecular flexibility index (Phi) is 4.53. The van der Waals surface area contributed by atoms with Crippen molar-refractivity contribution in [3.05, 3.63) is 52.6 Å². The Morgan fingerprint density at radius 3 is 2.68 bits per heavy atom. The zero-order chi connectivity index (χ0) is 21.8. The molecule has 1 amide bonds. The van der Waals surface area contributed by atoms with Gasteiger partial charge in [0.2, 0.25) is 5.91 Å². The van der Waals surface area contributed by atoms with Crippen molar-refractivity contribution in [3.63, 3.8) is 0 Å². The van der Waals surface area contributed by atoms with Crippen LogP contribution in [-0.4, -0.2) is 54.9 Å². The lowest BCUT2D eigenvalue weighted by atomic mass is 9.82. The number of benzene rings is 1. The van der Waals surface area contributed by atoms with E-state index in [0.717, 1.165) is 17.0 Å². The van der Waals surface area contributed by atoms with Crippen LogP contribution in [0, 0.1) is 20.8 Å². The zero-order valence-corrected chi connectivity index (χ0v) is 18.0. The summed E-state index contributed by atoms with van der Waals surface area (Å²) in [5.74, 6) is 1.75. The molecule has 0 radical (unpaired) electrons. The molecule has 5 rings (SSSR count). The number of hydrogen-bond acceptors (Lipinski definition) is 6. The zero-order valence-electron chi connectivity index (χ0n) is 18.0. The predicted molar refractivity (Wildman–Crippen MR) is 113 cm³/mol. The first-order valence-electron chi connectivity index (χ1n) is 10.6. The van der Waals surface area contributed by atoms with Gasteiger partial charge in [-0.15, -0.1) is 5.10 Å². The first-order valence-corrected chi connectivity index (χ1v) is 10.6. The molecule has 2 aromatic heterocycles. The maximum Gasteiger partial charge on any atom is 0.252 e. The van der Waals surface area contributed by atoms with Gasteiger partial charge in [0.25, 0.3) is 5.78 Å². The summed E-state index contributed by atoms with van der Waals surface area (Å²) in [7, 11) is 0. The Labute approximate surface area is 180 Å². The monoisotopic (exact) mass is 419 g/mol. The number of aromatic nitrogens is 4. The molecule has 0 N–H and O–H groups in total. The molecule has 0 saturated carbocycles. The van der Waals surface area contributed by atoms with Gasteiger partial charge >= 0.3 is 0 Å². The van der Waals surface area contributed by atoms with Crippen molar-refractivity contribution in [2.45, 2.75) is 52.1 Å². The van der Waals surface area contributed by atoms with Gasteiger partial charge in [0, 0.05) is 37.3 Å². The third-order valence-corrected chi connectivity index (χ3v) is 6.24. The van der Waals surface area contributed by atoms with E-state index in [2.05, 4.69) is 15.1 Å². The molecule has 8 nitrogen and oxygen atoms in total. The fourth-order valence-electron chi connectivity index (χ4n) is 4.58. The molecule has 4 heterocycles. The average molecular weight is 419 g/mol. The second-order valence-corrected chi connectivity index (χ2v) is 8.72. The number of carbonyl (C=O) groups excluding carboxylic acids is 2. The second kappa shape index (κ2) is 7.14. The molecule has 2 aliphatic heterocycles. The van der Waals surface area contributed by atoms with E-state index < -0.39 is 5.60 Å². The molecule has 2 aliphatic rings. The molecule has 1 fully saturated rings. The Morgan fingerprint density at radius 1 is 1.13 bits per heavy atom. The maximum atomic E-state index is 12.9. The Balaban J connectivity index is 1.26. The number of piperidine rings is 1. The van der Waals surface area contributed by atoms with E-state index in [1.54, 1.807) is 4.52 Å². The van der Waals surface area contributed by atoms with Crippen LogP contribution in [0.25, 0.3) is 5.78 Å². The van der Waals surface area contributed by atoms with E-state index in [1.165, 1.54) is 0 Å². The fraction of sp³-hybridized carbons (Fsp3) is 0.435. The van der Waals surface area contributed by atoms with Gasteiger partial charge in [-0.2, -0.15) is 4.98 Å². The number of likely N-dealkylation sites (tertiary alicyclic amines) is 1. The normalized spacial score (nSPS) is 17.6. The van der Waals surface area contributed by atoms with Gasteiger partial charge in [0.1, 0.15) is 11.4 Å². The summed E-state index contributed by atoms with van der Waals surface area (Å²) in [6, 6.07) is 7.67. The fourth-order valence-corrected chi connectivity index (χ4v) is 4.58. The number of nitrogens with zero attached hydrogens (tertiary/aromatic N) is 5. The van der Waals surface area contributed by atoms with Crippen molar-refractivity contribution < 1.29 is 14.3 Å². The molecular weight excluding hydrogens is 394 g/mol. The number of Topliss-reactive ketones (excluding diaryl/α,β-unsaturated/α-hetero) is 1. The summed E-state index contributed by atoms with van der Waals surface area (Å²) in [5, 5.41) is 4.44. The van der Waals surface area contributed by atoms with Crippen LogP contribution in [0.1, 0.15) is 52.4 Å². The number of fused-ring (bicyclic) bond motifs is 2. The van der Waals surface area contributed by atoms with E-state index in [4.69, 9.17) is 4.74 Å². The van der Waals surface area contributed by atoms with Crippen LogP contribution in [0.15, 0.2) is 24.3 Å². The second-order valence-electron chi connectivity index (χ2n) is 8.72. The van der Waals surface area contributed by atoms with E-state index in [9.17, 15) is 9.59 Å². The molecular formula is C23H25N5O3. The van der Waals surface area contributed by atoms with Gasteiger partial charge < -0.3 is 9.64 Å². The first kappa shape index (κ1) is 19.7. The van der Waals surface area contributed by atoms with Gasteiger partial charge in [-0.25, -0.2) is 9.50 Å². The van der Waals surface area contributed by atoms with Crippen molar-refractivity contribution in [1.82, 2.24) is 24.5 Å². The van der Waals surface area contributed by atoms with Crippen molar-refractivity contribution in [1.29, 1.82) is 0 Å². The molecule has 0 atom stereocenters. The Morgan fingerprint density at radius 2 is 1.90 bits per heavy atom. The number of hydrogen-bond donors (Lipinski definition) is 0.